The first-order chi connectivity index (χ1) is 14.0. The summed E-state index contributed by atoms with van der Waals surface area (Å²) in [4.78, 5) is 35.8. The Balaban J connectivity index is 1.68. The van der Waals surface area contributed by atoms with Crippen LogP contribution in [0.15, 0.2) is 53.4 Å². The number of nitrogens with one attached hydrogen (secondary N) is 1. The molecule has 0 aromatic heterocycles. The molecule has 154 valence electrons. The number of carbonyl (C=O) groups is 3. The van der Waals surface area contributed by atoms with Crippen molar-refractivity contribution in [3.8, 4) is 0 Å². The zero-order valence-electron chi connectivity index (χ0n) is 16.3. The summed E-state index contributed by atoms with van der Waals surface area (Å²) in [7, 11) is 0. The zero-order valence-corrected chi connectivity index (χ0v) is 17.9. The van der Waals surface area contributed by atoms with E-state index >= 15 is 0 Å². The smallest absolute Gasteiger partial charge is 0.307 e. The normalized spacial score (nSPS) is 10.4. The molecule has 0 fully saturated rings. The highest BCUT2D eigenvalue weighted by atomic mass is 35.5. The standard InChI is InChI=1S/C22H24ClNO4S/c1-16(25)24-13-4-5-17-8-10-18(11-9-17)20(26)15-28-22(27)12-14-29-21-7-3-2-6-19(21)23/h2-3,6-11H,4-5,12-15H2,1H3,(H,24,25). The molecule has 5 nitrogen and oxygen atoms in total. The van der Waals surface area contributed by atoms with Crippen LogP contribution in [0, 0.1) is 0 Å². The van der Waals surface area contributed by atoms with Crippen LogP contribution in [-0.4, -0.2) is 36.6 Å². The predicted octanol–water partition coefficient (Wildman–Crippen LogP) is 4.32. The van der Waals surface area contributed by atoms with Gasteiger partial charge in [-0.1, -0.05) is 48.0 Å². The SMILES string of the molecule is CC(=O)NCCCc1ccc(C(=O)COC(=O)CCSc2ccccc2Cl)cc1. The van der Waals surface area contributed by atoms with Crippen LogP contribution in [0.25, 0.3) is 0 Å². The van der Waals surface area contributed by atoms with Crippen LogP contribution in [0.3, 0.4) is 0 Å². The molecule has 2 rings (SSSR count). The number of carbonyl (C=O) groups excluding carboxylic acids is 3. The third-order valence-electron chi connectivity index (χ3n) is 4.06. The number of aryl methyl sites for hydroxylation is 1. The summed E-state index contributed by atoms with van der Waals surface area (Å²) in [6.45, 7) is 1.85. The molecule has 0 aliphatic heterocycles. The first kappa shape index (κ1) is 23.0. The van der Waals surface area contributed by atoms with E-state index < -0.39 is 5.97 Å². The van der Waals surface area contributed by atoms with Gasteiger partial charge in [-0.2, -0.15) is 0 Å². The van der Waals surface area contributed by atoms with E-state index in [-0.39, 0.29) is 24.7 Å². The molecule has 2 aromatic rings. The van der Waals surface area contributed by atoms with Crippen molar-refractivity contribution >= 4 is 41.0 Å². The van der Waals surface area contributed by atoms with E-state index in [9.17, 15) is 14.4 Å². The quantitative estimate of drug-likeness (QED) is 0.247. The van der Waals surface area contributed by atoms with Gasteiger partial charge in [-0.3, -0.25) is 14.4 Å². The fourth-order valence-corrected chi connectivity index (χ4v) is 3.69. The molecule has 7 heteroatoms. The van der Waals surface area contributed by atoms with E-state index in [4.69, 9.17) is 16.3 Å². The van der Waals surface area contributed by atoms with Gasteiger partial charge in [-0.25, -0.2) is 0 Å². The summed E-state index contributed by atoms with van der Waals surface area (Å²) >= 11 is 7.55. The van der Waals surface area contributed by atoms with Gasteiger partial charge < -0.3 is 10.1 Å². The van der Waals surface area contributed by atoms with Gasteiger partial charge in [0.25, 0.3) is 0 Å². The first-order valence-electron chi connectivity index (χ1n) is 9.35. The van der Waals surface area contributed by atoms with E-state index in [0.29, 0.717) is 22.9 Å². The second-order valence-corrected chi connectivity index (χ2v) is 7.94. The van der Waals surface area contributed by atoms with Gasteiger partial charge >= 0.3 is 5.97 Å². The van der Waals surface area contributed by atoms with E-state index in [2.05, 4.69) is 5.32 Å². The third kappa shape index (κ3) is 8.71. The third-order valence-corrected chi connectivity index (χ3v) is 5.57. The van der Waals surface area contributed by atoms with Crippen molar-refractivity contribution in [2.45, 2.75) is 31.1 Å². The van der Waals surface area contributed by atoms with Gasteiger partial charge in [0, 0.05) is 29.7 Å². The van der Waals surface area contributed by atoms with Gasteiger partial charge in [0.05, 0.1) is 11.4 Å². The first-order valence-corrected chi connectivity index (χ1v) is 10.7. The summed E-state index contributed by atoms with van der Waals surface area (Å²) in [5.74, 6) is -0.151. The van der Waals surface area contributed by atoms with Gasteiger partial charge in [0.1, 0.15) is 0 Å². The average Bonchev–Trinajstić information content (AvgIpc) is 2.71. The molecule has 0 saturated heterocycles. The summed E-state index contributed by atoms with van der Waals surface area (Å²) < 4.78 is 5.08. The number of rotatable bonds is 11. The van der Waals surface area contributed by atoms with Gasteiger partial charge in [-0.15, -0.1) is 11.8 Å². The highest BCUT2D eigenvalue weighted by Crippen LogP contribution is 2.26. The lowest BCUT2D eigenvalue weighted by atomic mass is 10.1. The van der Waals surface area contributed by atoms with Crippen molar-refractivity contribution in [2.24, 2.45) is 0 Å². The topological polar surface area (TPSA) is 72.5 Å². The van der Waals surface area contributed by atoms with Crippen LogP contribution >= 0.6 is 23.4 Å². The van der Waals surface area contributed by atoms with Crippen molar-refractivity contribution in [3.05, 3.63) is 64.7 Å². The van der Waals surface area contributed by atoms with Crippen molar-refractivity contribution < 1.29 is 19.1 Å². The molecule has 0 aliphatic rings. The number of benzene rings is 2. The summed E-state index contributed by atoms with van der Waals surface area (Å²) in [5, 5.41) is 3.40. The number of ketones is 1. The van der Waals surface area contributed by atoms with Gasteiger partial charge in [0.2, 0.25) is 5.91 Å². The van der Waals surface area contributed by atoms with Crippen LogP contribution in [0.5, 0.6) is 0 Å². The molecule has 0 atom stereocenters. The molecule has 0 unspecified atom stereocenters. The zero-order chi connectivity index (χ0) is 21.1. The molecular formula is C22H24ClNO4S. The number of halogens is 1. The lowest BCUT2D eigenvalue weighted by Gasteiger charge is -2.07. The van der Waals surface area contributed by atoms with Crippen molar-refractivity contribution in [3.63, 3.8) is 0 Å². The number of ether oxygens (including phenoxy) is 1. The molecule has 2 aromatic carbocycles. The fraction of sp³-hybridized carbons (Fsp3) is 0.318. The lowest BCUT2D eigenvalue weighted by molar-refractivity contribution is -0.142. The predicted molar refractivity (Wildman–Crippen MR) is 116 cm³/mol. The molecule has 0 aliphatic carbocycles. The summed E-state index contributed by atoms with van der Waals surface area (Å²) in [6, 6.07) is 14.7. The number of esters is 1. The highest BCUT2D eigenvalue weighted by Gasteiger charge is 2.11. The minimum absolute atomic E-state index is 0.0389. The minimum atomic E-state index is -0.410. The largest absolute Gasteiger partial charge is 0.457 e. The number of amides is 1. The Morgan fingerprint density at radius 2 is 1.79 bits per heavy atom. The molecule has 1 amide bonds. The van der Waals surface area contributed by atoms with Crippen LogP contribution < -0.4 is 5.32 Å². The molecule has 0 heterocycles. The lowest BCUT2D eigenvalue weighted by Crippen LogP contribution is -2.21. The van der Waals surface area contributed by atoms with E-state index in [0.717, 1.165) is 23.3 Å². The Morgan fingerprint density at radius 1 is 1.07 bits per heavy atom. The van der Waals surface area contributed by atoms with Crippen LogP contribution in [-0.2, 0) is 20.7 Å². The number of Topliss-reactive ketones (excluding diaryl/α,β-unsaturated/α-hetero) is 1. The minimum Gasteiger partial charge on any atom is -0.457 e. The monoisotopic (exact) mass is 433 g/mol. The number of thioether (sulfide) groups is 1. The molecule has 1 N–H and O–H groups in total. The van der Waals surface area contributed by atoms with Crippen molar-refractivity contribution in [1.82, 2.24) is 5.32 Å². The summed E-state index contributed by atoms with van der Waals surface area (Å²) in [5.41, 5.74) is 1.59. The molecule has 0 saturated carbocycles. The molecular weight excluding hydrogens is 410 g/mol. The van der Waals surface area contributed by atoms with Crippen molar-refractivity contribution in [2.75, 3.05) is 18.9 Å². The Morgan fingerprint density at radius 3 is 2.48 bits per heavy atom. The van der Waals surface area contributed by atoms with Gasteiger partial charge in [-0.05, 0) is 30.5 Å². The van der Waals surface area contributed by atoms with Crippen molar-refractivity contribution in [1.29, 1.82) is 0 Å². The maximum atomic E-state index is 12.2. The second kappa shape index (κ2) is 12.3. The van der Waals surface area contributed by atoms with Gasteiger partial charge in [0.15, 0.2) is 12.4 Å². The Kier molecular flexibility index (Phi) is 9.74. The maximum absolute atomic E-state index is 12.2. The molecule has 0 spiro atoms. The van der Waals surface area contributed by atoms with Crippen LogP contribution in [0.1, 0.15) is 35.7 Å². The second-order valence-electron chi connectivity index (χ2n) is 6.40. The average molecular weight is 434 g/mol. The Labute approximate surface area is 180 Å². The molecule has 0 radical (unpaired) electrons. The Bertz CT molecular complexity index is 839. The van der Waals surface area contributed by atoms with E-state index in [1.165, 1.54) is 18.7 Å². The maximum Gasteiger partial charge on any atom is 0.307 e. The number of hydrogen-bond donors (Lipinski definition) is 1. The fourth-order valence-electron chi connectivity index (χ4n) is 2.52. The number of hydrogen-bond acceptors (Lipinski definition) is 5. The van der Waals surface area contributed by atoms with E-state index in [1.807, 2.05) is 30.3 Å². The van der Waals surface area contributed by atoms with E-state index in [1.54, 1.807) is 18.2 Å². The van der Waals surface area contributed by atoms with Crippen LogP contribution in [0.4, 0.5) is 0 Å². The van der Waals surface area contributed by atoms with Crippen LogP contribution in [0.2, 0.25) is 5.02 Å². The Hall–Kier alpha value is -2.31. The highest BCUT2D eigenvalue weighted by molar-refractivity contribution is 7.99. The molecule has 0 bridgehead atoms. The summed E-state index contributed by atoms with van der Waals surface area (Å²) in [6.07, 6.45) is 1.85. The molecule has 29 heavy (non-hydrogen) atoms.